The van der Waals surface area contributed by atoms with Crippen molar-refractivity contribution in [2.75, 3.05) is 20.1 Å². The lowest BCUT2D eigenvalue weighted by Crippen LogP contribution is -2.43. The van der Waals surface area contributed by atoms with E-state index in [-0.39, 0.29) is 18.8 Å². The molecule has 0 aromatic carbocycles. The lowest BCUT2D eigenvalue weighted by molar-refractivity contribution is -0.137. The maximum absolute atomic E-state index is 12.0. The Hall–Kier alpha value is -2.26. The summed E-state index contributed by atoms with van der Waals surface area (Å²) in [6, 6.07) is -0.860. The van der Waals surface area contributed by atoms with Crippen molar-refractivity contribution in [1.29, 1.82) is 0 Å². The van der Waals surface area contributed by atoms with Crippen molar-refractivity contribution in [3.63, 3.8) is 0 Å². The van der Waals surface area contributed by atoms with Gasteiger partial charge in [-0.2, -0.15) is 13.2 Å². The van der Waals surface area contributed by atoms with E-state index in [2.05, 4.69) is 10.3 Å². The van der Waals surface area contributed by atoms with Gasteiger partial charge in [0, 0.05) is 26.3 Å². The van der Waals surface area contributed by atoms with Crippen LogP contribution in [0.2, 0.25) is 0 Å². The molecule has 0 spiro atoms. The summed E-state index contributed by atoms with van der Waals surface area (Å²) in [6.07, 6.45) is -1.93. The molecular weight excluding hydrogens is 281 g/mol. The third-order valence-corrected chi connectivity index (χ3v) is 2.26. The maximum Gasteiger partial charge on any atom is 0.406 e. The topological polar surface area (TPSA) is 87.5 Å². The molecule has 0 saturated carbocycles. The summed E-state index contributed by atoms with van der Waals surface area (Å²) in [6.45, 7) is -1.09. The van der Waals surface area contributed by atoms with E-state index in [1.165, 1.54) is 17.1 Å². The van der Waals surface area contributed by atoms with E-state index in [0.717, 1.165) is 7.05 Å². The SMILES string of the molecule is CN(CC(F)(F)F)C(=O)NCCn1cnc(C(=O)O)c1. The van der Waals surface area contributed by atoms with Crippen molar-refractivity contribution >= 4 is 12.0 Å². The first-order valence-corrected chi connectivity index (χ1v) is 5.50. The first-order chi connectivity index (χ1) is 9.19. The lowest BCUT2D eigenvalue weighted by Gasteiger charge is -2.19. The van der Waals surface area contributed by atoms with E-state index in [9.17, 15) is 22.8 Å². The van der Waals surface area contributed by atoms with Crippen LogP contribution in [-0.2, 0) is 6.54 Å². The summed E-state index contributed by atoms with van der Waals surface area (Å²) in [5.41, 5.74) is -0.148. The van der Waals surface area contributed by atoms with Gasteiger partial charge in [-0.3, -0.25) is 0 Å². The number of halogens is 3. The second kappa shape index (κ2) is 6.26. The van der Waals surface area contributed by atoms with Crippen LogP contribution in [0.15, 0.2) is 12.5 Å². The maximum atomic E-state index is 12.0. The number of amides is 2. The van der Waals surface area contributed by atoms with E-state index in [1.807, 2.05) is 0 Å². The number of nitrogens with zero attached hydrogens (tertiary/aromatic N) is 3. The fourth-order valence-corrected chi connectivity index (χ4v) is 1.36. The number of carboxylic acids is 1. The molecule has 0 aliphatic rings. The fraction of sp³-hybridized carbons (Fsp3) is 0.500. The van der Waals surface area contributed by atoms with Gasteiger partial charge in [0.15, 0.2) is 5.69 Å². The van der Waals surface area contributed by atoms with Crippen molar-refractivity contribution in [2.45, 2.75) is 12.7 Å². The molecule has 0 unspecified atom stereocenters. The Balaban J connectivity index is 2.36. The number of carboxylic acid groups (broad SMARTS) is 1. The van der Waals surface area contributed by atoms with E-state index >= 15 is 0 Å². The summed E-state index contributed by atoms with van der Waals surface area (Å²) in [7, 11) is 1.03. The summed E-state index contributed by atoms with van der Waals surface area (Å²) in [4.78, 5) is 26.0. The van der Waals surface area contributed by atoms with Crippen LogP contribution in [0.1, 0.15) is 10.5 Å². The summed E-state index contributed by atoms with van der Waals surface area (Å²) < 4.78 is 37.5. The van der Waals surface area contributed by atoms with Crippen LogP contribution in [-0.4, -0.2) is 57.9 Å². The number of aromatic nitrogens is 2. The molecule has 10 heteroatoms. The number of imidazole rings is 1. The van der Waals surface area contributed by atoms with E-state index in [1.54, 1.807) is 0 Å². The Labute approximate surface area is 112 Å². The van der Waals surface area contributed by atoms with Gasteiger partial charge in [-0.05, 0) is 0 Å². The quantitative estimate of drug-likeness (QED) is 0.840. The fourth-order valence-electron chi connectivity index (χ4n) is 1.36. The number of alkyl halides is 3. The van der Waals surface area contributed by atoms with Crippen molar-refractivity contribution in [2.24, 2.45) is 0 Å². The number of carbonyl (C=O) groups excluding carboxylic acids is 1. The lowest BCUT2D eigenvalue weighted by atomic mass is 10.5. The second-order valence-corrected chi connectivity index (χ2v) is 4.01. The normalized spacial score (nSPS) is 11.2. The van der Waals surface area contributed by atoms with Crippen LogP contribution in [0.5, 0.6) is 0 Å². The van der Waals surface area contributed by atoms with Crippen LogP contribution in [0.4, 0.5) is 18.0 Å². The van der Waals surface area contributed by atoms with Gasteiger partial charge < -0.3 is 19.9 Å². The molecule has 1 heterocycles. The molecule has 2 amide bonds. The molecular formula is C10H13F3N4O3. The summed E-state index contributed by atoms with van der Waals surface area (Å²) in [5, 5.41) is 10.9. The van der Waals surface area contributed by atoms with Crippen LogP contribution >= 0.6 is 0 Å². The van der Waals surface area contributed by atoms with Gasteiger partial charge >= 0.3 is 18.2 Å². The first kappa shape index (κ1) is 15.8. The van der Waals surface area contributed by atoms with Gasteiger partial charge in [0.25, 0.3) is 0 Å². The number of urea groups is 1. The molecule has 112 valence electrons. The highest BCUT2D eigenvalue weighted by molar-refractivity contribution is 5.84. The Kier molecular flexibility index (Phi) is 4.94. The molecule has 7 nitrogen and oxygen atoms in total. The second-order valence-electron chi connectivity index (χ2n) is 4.01. The van der Waals surface area contributed by atoms with E-state index in [4.69, 9.17) is 5.11 Å². The number of rotatable bonds is 5. The monoisotopic (exact) mass is 294 g/mol. The number of carbonyl (C=O) groups is 2. The zero-order valence-corrected chi connectivity index (χ0v) is 10.5. The molecule has 1 aromatic heterocycles. The largest absolute Gasteiger partial charge is 0.476 e. The van der Waals surface area contributed by atoms with Crippen molar-refractivity contribution in [3.8, 4) is 0 Å². The third-order valence-electron chi connectivity index (χ3n) is 2.26. The molecule has 1 aromatic rings. The molecule has 1 rings (SSSR count). The van der Waals surface area contributed by atoms with Crippen molar-refractivity contribution in [3.05, 3.63) is 18.2 Å². The average molecular weight is 294 g/mol. The number of nitrogens with one attached hydrogen (secondary N) is 1. The van der Waals surface area contributed by atoms with Crippen molar-refractivity contribution in [1.82, 2.24) is 19.8 Å². The minimum atomic E-state index is -4.45. The molecule has 0 fully saturated rings. The van der Waals surface area contributed by atoms with Gasteiger partial charge in [-0.15, -0.1) is 0 Å². The highest BCUT2D eigenvalue weighted by atomic mass is 19.4. The van der Waals surface area contributed by atoms with Gasteiger partial charge in [-0.25, -0.2) is 14.6 Å². The molecule has 0 saturated heterocycles. The molecule has 20 heavy (non-hydrogen) atoms. The molecule has 0 atom stereocenters. The van der Waals surface area contributed by atoms with Gasteiger partial charge in [0.2, 0.25) is 0 Å². The van der Waals surface area contributed by atoms with Crippen molar-refractivity contribution < 1.29 is 27.9 Å². The van der Waals surface area contributed by atoms with Gasteiger partial charge in [-0.1, -0.05) is 0 Å². The zero-order valence-electron chi connectivity index (χ0n) is 10.5. The summed E-state index contributed by atoms with van der Waals surface area (Å²) in [5.74, 6) is -1.18. The first-order valence-electron chi connectivity index (χ1n) is 5.50. The van der Waals surface area contributed by atoms with Crippen LogP contribution in [0, 0.1) is 0 Å². The molecule has 2 N–H and O–H groups in total. The van der Waals surface area contributed by atoms with Crippen LogP contribution in [0.3, 0.4) is 0 Å². The minimum Gasteiger partial charge on any atom is -0.476 e. The highest BCUT2D eigenvalue weighted by Gasteiger charge is 2.31. The molecule has 0 aliphatic carbocycles. The Bertz CT molecular complexity index is 486. The van der Waals surface area contributed by atoms with Gasteiger partial charge in [0.05, 0.1) is 6.33 Å². The zero-order chi connectivity index (χ0) is 15.3. The van der Waals surface area contributed by atoms with Crippen LogP contribution < -0.4 is 5.32 Å². The van der Waals surface area contributed by atoms with E-state index in [0.29, 0.717) is 4.90 Å². The standard InChI is InChI=1S/C10H13F3N4O3/c1-16(5-10(11,12)13)9(20)14-2-3-17-4-7(8(18)19)15-6-17/h4,6H,2-3,5H2,1H3,(H,14,20)(H,18,19). The summed E-state index contributed by atoms with van der Waals surface area (Å²) >= 11 is 0. The van der Waals surface area contributed by atoms with E-state index < -0.39 is 24.7 Å². The Morgan fingerprint density at radius 2 is 2.15 bits per heavy atom. The number of hydrogen-bond donors (Lipinski definition) is 2. The minimum absolute atomic E-state index is 0.0520. The van der Waals surface area contributed by atoms with Gasteiger partial charge in [0.1, 0.15) is 6.54 Å². The highest BCUT2D eigenvalue weighted by Crippen LogP contribution is 2.15. The molecule has 0 radical (unpaired) electrons. The predicted molar refractivity (Wildman–Crippen MR) is 61.3 cm³/mol. The Morgan fingerprint density at radius 3 is 2.65 bits per heavy atom. The Morgan fingerprint density at radius 1 is 1.50 bits per heavy atom. The molecule has 0 aliphatic heterocycles. The number of hydrogen-bond acceptors (Lipinski definition) is 3. The van der Waals surface area contributed by atoms with Crippen LogP contribution in [0.25, 0.3) is 0 Å². The average Bonchev–Trinajstić information content (AvgIpc) is 2.75. The third kappa shape index (κ3) is 5.16. The molecule has 0 bridgehead atoms. The number of aromatic carboxylic acids is 1. The smallest absolute Gasteiger partial charge is 0.406 e. The predicted octanol–water partition coefficient (Wildman–Crippen LogP) is 0.785.